The molecule has 0 atom stereocenters. The first-order valence-corrected chi connectivity index (χ1v) is 5.41. The number of carbonyl (C=O) groups is 1. The molecule has 0 saturated heterocycles. The molecule has 0 aliphatic carbocycles. The highest BCUT2D eigenvalue weighted by atomic mass is 19.4. The molecule has 1 N–H and O–H groups in total. The minimum atomic E-state index is -4.40. The number of benzene rings is 1. The van der Waals surface area contributed by atoms with Gasteiger partial charge in [-0.2, -0.15) is 18.4 Å². The molecule has 0 saturated carbocycles. The van der Waals surface area contributed by atoms with Crippen LogP contribution in [-0.4, -0.2) is 24.5 Å². The molecule has 0 heterocycles. The summed E-state index contributed by atoms with van der Waals surface area (Å²) in [6, 6.07) is 5.56. The van der Waals surface area contributed by atoms with Crippen LogP contribution in [0.3, 0.4) is 0 Å². The van der Waals surface area contributed by atoms with Gasteiger partial charge in [-0.25, -0.2) is 4.79 Å². The van der Waals surface area contributed by atoms with Crippen LogP contribution in [0, 0.1) is 11.3 Å². The number of amides is 2. The van der Waals surface area contributed by atoms with E-state index in [1.807, 2.05) is 6.07 Å². The highest BCUT2D eigenvalue weighted by molar-refractivity contribution is 5.89. The Balaban J connectivity index is 2.63. The van der Waals surface area contributed by atoms with Crippen molar-refractivity contribution in [2.45, 2.75) is 12.6 Å². The lowest BCUT2D eigenvalue weighted by Crippen LogP contribution is -2.31. The SMILES string of the molecule is CN(CCC#N)C(=O)Nc1ccc(C(F)(F)F)cc1. The van der Waals surface area contributed by atoms with Gasteiger partial charge in [0.2, 0.25) is 0 Å². The molecule has 1 aromatic rings. The smallest absolute Gasteiger partial charge is 0.327 e. The fourth-order valence-corrected chi connectivity index (χ4v) is 1.28. The van der Waals surface area contributed by atoms with Gasteiger partial charge in [-0.3, -0.25) is 0 Å². The molecule has 19 heavy (non-hydrogen) atoms. The van der Waals surface area contributed by atoms with E-state index in [1.54, 1.807) is 0 Å². The fraction of sp³-hybridized carbons (Fsp3) is 0.333. The molecular formula is C12H12F3N3O. The largest absolute Gasteiger partial charge is 0.416 e. The average molecular weight is 271 g/mol. The van der Waals surface area contributed by atoms with Crippen molar-refractivity contribution < 1.29 is 18.0 Å². The van der Waals surface area contributed by atoms with E-state index in [4.69, 9.17) is 5.26 Å². The summed E-state index contributed by atoms with van der Waals surface area (Å²) in [7, 11) is 1.50. The first-order valence-electron chi connectivity index (χ1n) is 5.41. The Morgan fingerprint density at radius 3 is 2.42 bits per heavy atom. The van der Waals surface area contributed by atoms with E-state index in [2.05, 4.69) is 5.32 Å². The number of rotatable bonds is 3. The number of alkyl halides is 3. The van der Waals surface area contributed by atoms with Crippen molar-refractivity contribution in [3.05, 3.63) is 29.8 Å². The number of hydrogen-bond donors (Lipinski definition) is 1. The minimum Gasteiger partial charge on any atom is -0.327 e. The average Bonchev–Trinajstić information content (AvgIpc) is 2.35. The number of hydrogen-bond acceptors (Lipinski definition) is 2. The van der Waals surface area contributed by atoms with Gasteiger partial charge in [-0.05, 0) is 24.3 Å². The van der Waals surface area contributed by atoms with Crippen LogP contribution in [0.5, 0.6) is 0 Å². The molecule has 0 bridgehead atoms. The molecule has 0 radical (unpaired) electrons. The van der Waals surface area contributed by atoms with Crippen LogP contribution >= 0.6 is 0 Å². The number of nitrogens with one attached hydrogen (secondary N) is 1. The second-order valence-electron chi connectivity index (χ2n) is 3.83. The van der Waals surface area contributed by atoms with Gasteiger partial charge in [0.1, 0.15) is 0 Å². The van der Waals surface area contributed by atoms with Gasteiger partial charge in [0.25, 0.3) is 0 Å². The molecule has 1 aromatic carbocycles. The molecule has 4 nitrogen and oxygen atoms in total. The summed E-state index contributed by atoms with van der Waals surface area (Å²) in [4.78, 5) is 12.9. The zero-order chi connectivity index (χ0) is 14.5. The van der Waals surface area contributed by atoms with E-state index < -0.39 is 17.8 Å². The maximum atomic E-state index is 12.3. The third-order valence-corrected chi connectivity index (χ3v) is 2.37. The maximum absolute atomic E-state index is 12.3. The van der Waals surface area contributed by atoms with E-state index in [-0.39, 0.29) is 18.7 Å². The summed E-state index contributed by atoms with van der Waals surface area (Å²) < 4.78 is 37.0. The summed E-state index contributed by atoms with van der Waals surface area (Å²) in [5.41, 5.74) is -0.509. The molecule has 0 unspecified atom stereocenters. The molecular weight excluding hydrogens is 259 g/mol. The fourth-order valence-electron chi connectivity index (χ4n) is 1.28. The Morgan fingerprint density at radius 1 is 1.37 bits per heavy atom. The number of nitrogens with zero attached hydrogens (tertiary/aromatic N) is 2. The van der Waals surface area contributed by atoms with Crippen LogP contribution in [0.1, 0.15) is 12.0 Å². The Bertz CT molecular complexity index is 476. The maximum Gasteiger partial charge on any atom is 0.416 e. The summed E-state index contributed by atoms with van der Waals surface area (Å²) in [5.74, 6) is 0. The minimum absolute atomic E-state index is 0.191. The molecule has 1 rings (SSSR count). The second-order valence-corrected chi connectivity index (χ2v) is 3.83. The van der Waals surface area contributed by atoms with E-state index >= 15 is 0 Å². The van der Waals surface area contributed by atoms with E-state index in [0.717, 1.165) is 12.1 Å². The first kappa shape index (κ1) is 14.8. The Labute approximate surface area is 108 Å². The Kier molecular flexibility index (Phi) is 4.75. The van der Waals surface area contributed by atoms with Crippen LogP contribution in [0.2, 0.25) is 0 Å². The van der Waals surface area contributed by atoms with Crippen molar-refractivity contribution in [3.63, 3.8) is 0 Å². The lowest BCUT2D eigenvalue weighted by atomic mass is 10.2. The van der Waals surface area contributed by atoms with Crippen LogP contribution in [0.25, 0.3) is 0 Å². The van der Waals surface area contributed by atoms with Crippen LogP contribution < -0.4 is 5.32 Å². The van der Waals surface area contributed by atoms with E-state index in [9.17, 15) is 18.0 Å². The normalized spacial score (nSPS) is 10.7. The highest BCUT2D eigenvalue weighted by Crippen LogP contribution is 2.29. The topological polar surface area (TPSA) is 56.1 Å². The van der Waals surface area contributed by atoms with E-state index in [1.165, 1.54) is 24.1 Å². The van der Waals surface area contributed by atoms with Crippen molar-refractivity contribution in [2.75, 3.05) is 18.9 Å². The summed E-state index contributed by atoms with van der Waals surface area (Å²) >= 11 is 0. The van der Waals surface area contributed by atoms with Gasteiger partial charge in [-0.1, -0.05) is 0 Å². The number of carbonyl (C=O) groups excluding carboxylic acids is 1. The first-order chi connectivity index (χ1) is 8.84. The van der Waals surface area contributed by atoms with Crippen molar-refractivity contribution in [1.29, 1.82) is 5.26 Å². The molecule has 0 fully saturated rings. The van der Waals surface area contributed by atoms with Gasteiger partial charge < -0.3 is 10.2 Å². The second kappa shape index (κ2) is 6.09. The quantitative estimate of drug-likeness (QED) is 0.918. The Morgan fingerprint density at radius 2 is 1.95 bits per heavy atom. The number of halogens is 3. The summed E-state index contributed by atoms with van der Waals surface area (Å²) in [6.07, 6.45) is -4.21. The lowest BCUT2D eigenvalue weighted by molar-refractivity contribution is -0.137. The number of anilines is 1. The van der Waals surface area contributed by atoms with Crippen molar-refractivity contribution in [2.24, 2.45) is 0 Å². The van der Waals surface area contributed by atoms with Crippen LogP contribution in [0.4, 0.5) is 23.7 Å². The third kappa shape index (κ3) is 4.50. The zero-order valence-corrected chi connectivity index (χ0v) is 10.2. The zero-order valence-electron chi connectivity index (χ0n) is 10.2. The van der Waals surface area contributed by atoms with Crippen molar-refractivity contribution in [1.82, 2.24) is 4.90 Å². The molecule has 102 valence electrons. The van der Waals surface area contributed by atoms with E-state index in [0.29, 0.717) is 0 Å². The predicted octanol–water partition coefficient (Wildman–Crippen LogP) is 3.08. The number of urea groups is 1. The summed E-state index contributed by atoms with van der Waals surface area (Å²) in [5, 5.41) is 10.8. The van der Waals surface area contributed by atoms with Gasteiger partial charge in [0, 0.05) is 19.3 Å². The van der Waals surface area contributed by atoms with Gasteiger partial charge in [-0.15, -0.1) is 0 Å². The standard InChI is InChI=1S/C12H12F3N3O/c1-18(8-2-7-16)11(19)17-10-5-3-9(4-6-10)12(13,14)15/h3-6H,2,8H2,1H3,(H,17,19). The molecule has 2 amide bonds. The van der Waals surface area contributed by atoms with Crippen molar-refractivity contribution >= 4 is 11.7 Å². The number of nitriles is 1. The molecule has 0 aliphatic heterocycles. The van der Waals surface area contributed by atoms with Gasteiger partial charge in [0.15, 0.2) is 0 Å². The van der Waals surface area contributed by atoms with Crippen molar-refractivity contribution in [3.8, 4) is 6.07 Å². The Hall–Kier alpha value is -2.23. The summed E-state index contributed by atoms with van der Waals surface area (Å²) in [6.45, 7) is 0.253. The van der Waals surface area contributed by atoms with Crippen LogP contribution in [-0.2, 0) is 6.18 Å². The highest BCUT2D eigenvalue weighted by Gasteiger charge is 2.29. The molecule has 0 aliphatic rings. The van der Waals surface area contributed by atoms with Crippen LogP contribution in [0.15, 0.2) is 24.3 Å². The molecule has 0 spiro atoms. The molecule has 7 heteroatoms. The lowest BCUT2D eigenvalue weighted by Gasteiger charge is -2.16. The predicted molar refractivity (Wildman–Crippen MR) is 63.3 cm³/mol. The molecule has 0 aromatic heterocycles. The van der Waals surface area contributed by atoms with Gasteiger partial charge in [0.05, 0.1) is 18.1 Å². The monoisotopic (exact) mass is 271 g/mol. The third-order valence-electron chi connectivity index (χ3n) is 2.37. The van der Waals surface area contributed by atoms with Gasteiger partial charge >= 0.3 is 12.2 Å².